The van der Waals surface area contributed by atoms with Crippen molar-refractivity contribution in [3.8, 4) is 0 Å². The van der Waals surface area contributed by atoms with E-state index in [4.69, 9.17) is 4.74 Å². The second-order valence-corrected chi connectivity index (χ2v) is 5.94. The molecule has 1 aliphatic rings. The van der Waals surface area contributed by atoms with Gasteiger partial charge in [0.05, 0.1) is 12.7 Å². The zero-order valence-corrected chi connectivity index (χ0v) is 12.6. The predicted octanol–water partition coefficient (Wildman–Crippen LogP) is 2.79. The monoisotopic (exact) mass is 312 g/mol. The molecule has 4 heteroatoms. The lowest BCUT2D eigenvalue weighted by molar-refractivity contribution is 0.117. The molecule has 18 heavy (non-hydrogen) atoms. The summed E-state index contributed by atoms with van der Waals surface area (Å²) in [7, 11) is 0. The fourth-order valence-corrected chi connectivity index (χ4v) is 3.03. The molecule has 1 aromatic heterocycles. The molecular formula is C14H21BrN2O. The van der Waals surface area contributed by atoms with Gasteiger partial charge >= 0.3 is 0 Å². The fraction of sp³-hybridized carbons (Fsp3) is 0.643. The molecule has 0 radical (unpaired) electrons. The van der Waals surface area contributed by atoms with Gasteiger partial charge in [-0.2, -0.15) is 0 Å². The average Bonchev–Trinajstić information content (AvgIpc) is 2.75. The van der Waals surface area contributed by atoms with Crippen molar-refractivity contribution < 1.29 is 4.74 Å². The third-order valence-electron chi connectivity index (χ3n) is 3.48. The molecule has 0 aliphatic carbocycles. The lowest BCUT2D eigenvalue weighted by atomic mass is 9.92. The number of halogens is 1. The summed E-state index contributed by atoms with van der Waals surface area (Å²) in [5, 5.41) is 3.59. The highest BCUT2D eigenvalue weighted by Crippen LogP contribution is 2.24. The molecule has 100 valence electrons. The number of hydrogen-bond acceptors (Lipinski definition) is 3. The maximum atomic E-state index is 5.69. The highest BCUT2D eigenvalue weighted by Gasteiger charge is 2.29. The Balaban J connectivity index is 2.01. The number of ether oxygens (including phenoxy) is 1. The molecule has 0 saturated carbocycles. The molecule has 0 spiro atoms. The van der Waals surface area contributed by atoms with Crippen LogP contribution in [0.1, 0.15) is 25.8 Å². The number of nitrogens with zero attached hydrogens (tertiary/aromatic N) is 1. The lowest BCUT2D eigenvalue weighted by Gasteiger charge is -2.23. The van der Waals surface area contributed by atoms with E-state index in [1.165, 1.54) is 5.56 Å². The van der Waals surface area contributed by atoms with Crippen LogP contribution in [0.3, 0.4) is 0 Å². The van der Waals surface area contributed by atoms with Crippen molar-refractivity contribution in [3.63, 3.8) is 0 Å². The van der Waals surface area contributed by atoms with Crippen LogP contribution in [-0.2, 0) is 11.2 Å². The molecule has 3 atom stereocenters. The van der Waals surface area contributed by atoms with Crippen LogP contribution >= 0.6 is 15.9 Å². The van der Waals surface area contributed by atoms with E-state index in [0.29, 0.717) is 18.1 Å². The Morgan fingerprint density at radius 2 is 2.39 bits per heavy atom. The second-order valence-electron chi connectivity index (χ2n) is 5.02. The van der Waals surface area contributed by atoms with Crippen molar-refractivity contribution >= 4 is 15.9 Å². The van der Waals surface area contributed by atoms with Crippen LogP contribution in [-0.4, -0.2) is 30.3 Å². The molecule has 3 unspecified atom stereocenters. The molecule has 2 rings (SSSR count). The molecule has 1 saturated heterocycles. The van der Waals surface area contributed by atoms with E-state index < -0.39 is 0 Å². The largest absolute Gasteiger partial charge is 0.378 e. The van der Waals surface area contributed by atoms with Gasteiger partial charge in [0.15, 0.2) is 0 Å². The Hall–Kier alpha value is -0.450. The van der Waals surface area contributed by atoms with Gasteiger partial charge in [0, 0.05) is 28.8 Å². The molecule has 1 aromatic rings. The van der Waals surface area contributed by atoms with E-state index in [1.54, 1.807) is 0 Å². The highest BCUT2D eigenvalue weighted by atomic mass is 79.9. The van der Waals surface area contributed by atoms with Crippen molar-refractivity contribution in [3.05, 3.63) is 28.5 Å². The Morgan fingerprint density at radius 1 is 1.56 bits per heavy atom. The molecular weight excluding hydrogens is 292 g/mol. The number of pyridine rings is 1. The summed E-state index contributed by atoms with van der Waals surface area (Å²) in [6.07, 6.45) is 6.35. The topological polar surface area (TPSA) is 34.2 Å². The van der Waals surface area contributed by atoms with E-state index in [-0.39, 0.29) is 0 Å². The summed E-state index contributed by atoms with van der Waals surface area (Å²) in [6.45, 7) is 6.19. The number of rotatable bonds is 5. The minimum absolute atomic E-state index is 0.400. The first-order chi connectivity index (χ1) is 8.69. The van der Waals surface area contributed by atoms with Crippen molar-refractivity contribution in [1.82, 2.24) is 10.3 Å². The minimum atomic E-state index is 0.400. The third-order valence-corrected chi connectivity index (χ3v) is 3.92. The molecule has 2 heterocycles. The van der Waals surface area contributed by atoms with Crippen LogP contribution in [0.4, 0.5) is 0 Å². The first kappa shape index (κ1) is 14.0. The summed E-state index contributed by atoms with van der Waals surface area (Å²) in [4.78, 5) is 4.23. The first-order valence-corrected chi connectivity index (χ1v) is 7.42. The standard InChI is InChI=1S/C14H21BrN2O/c1-3-17-14(12-4-10(2)18-9-12)6-11-5-13(15)8-16-7-11/h5,7-8,10,12,14,17H,3-4,6,9H2,1-2H3. The summed E-state index contributed by atoms with van der Waals surface area (Å²) in [5.74, 6) is 0.610. The molecule has 1 fully saturated rings. The van der Waals surface area contributed by atoms with Crippen molar-refractivity contribution in [2.24, 2.45) is 5.92 Å². The van der Waals surface area contributed by atoms with E-state index in [0.717, 1.165) is 30.5 Å². The van der Waals surface area contributed by atoms with Gasteiger partial charge in [-0.25, -0.2) is 0 Å². The molecule has 1 N–H and O–H groups in total. The smallest absolute Gasteiger partial charge is 0.0551 e. The zero-order chi connectivity index (χ0) is 13.0. The van der Waals surface area contributed by atoms with Crippen LogP contribution in [0.2, 0.25) is 0 Å². The van der Waals surface area contributed by atoms with Gasteiger partial charge in [-0.3, -0.25) is 4.98 Å². The fourth-order valence-electron chi connectivity index (χ4n) is 2.62. The first-order valence-electron chi connectivity index (χ1n) is 6.63. The van der Waals surface area contributed by atoms with E-state index in [2.05, 4.69) is 46.1 Å². The van der Waals surface area contributed by atoms with Crippen LogP contribution in [0, 0.1) is 5.92 Å². The zero-order valence-electron chi connectivity index (χ0n) is 11.0. The molecule has 3 nitrogen and oxygen atoms in total. The van der Waals surface area contributed by atoms with Crippen LogP contribution in [0.25, 0.3) is 0 Å². The maximum absolute atomic E-state index is 5.69. The van der Waals surface area contributed by atoms with Crippen molar-refractivity contribution in [1.29, 1.82) is 0 Å². The van der Waals surface area contributed by atoms with Gasteiger partial charge in [0.2, 0.25) is 0 Å². The Bertz CT molecular complexity index is 386. The molecule has 0 bridgehead atoms. The third kappa shape index (κ3) is 3.77. The maximum Gasteiger partial charge on any atom is 0.0551 e. The highest BCUT2D eigenvalue weighted by molar-refractivity contribution is 9.10. The van der Waals surface area contributed by atoms with Gasteiger partial charge in [-0.15, -0.1) is 0 Å². The minimum Gasteiger partial charge on any atom is -0.378 e. The van der Waals surface area contributed by atoms with Crippen molar-refractivity contribution in [2.75, 3.05) is 13.2 Å². The Morgan fingerprint density at radius 3 is 3.00 bits per heavy atom. The van der Waals surface area contributed by atoms with Gasteiger partial charge in [-0.05, 0) is 53.9 Å². The summed E-state index contributed by atoms with van der Waals surface area (Å²) in [6, 6.07) is 2.63. The summed E-state index contributed by atoms with van der Waals surface area (Å²) >= 11 is 3.48. The van der Waals surface area contributed by atoms with Gasteiger partial charge in [0.25, 0.3) is 0 Å². The van der Waals surface area contributed by atoms with Crippen LogP contribution in [0.15, 0.2) is 22.9 Å². The second kappa shape index (κ2) is 6.64. The number of likely N-dealkylation sites (N-methyl/N-ethyl adjacent to an activating group) is 1. The van der Waals surface area contributed by atoms with Gasteiger partial charge < -0.3 is 10.1 Å². The summed E-state index contributed by atoms with van der Waals surface area (Å²) in [5.41, 5.74) is 1.27. The Kier molecular flexibility index (Phi) is 5.15. The quantitative estimate of drug-likeness (QED) is 0.908. The number of nitrogens with one attached hydrogen (secondary N) is 1. The van der Waals surface area contributed by atoms with Crippen LogP contribution < -0.4 is 5.32 Å². The predicted molar refractivity (Wildman–Crippen MR) is 76.6 cm³/mol. The number of aromatic nitrogens is 1. The van der Waals surface area contributed by atoms with Crippen molar-refractivity contribution in [2.45, 2.75) is 38.8 Å². The molecule has 0 aromatic carbocycles. The van der Waals surface area contributed by atoms with E-state index in [9.17, 15) is 0 Å². The Labute approximate surface area is 117 Å². The van der Waals surface area contributed by atoms with Crippen LogP contribution in [0.5, 0.6) is 0 Å². The van der Waals surface area contributed by atoms with Gasteiger partial charge in [-0.1, -0.05) is 6.92 Å². The SMILES string of the molecule is CCNC(Cc1cncc(Br)c1)C1COC(C)C1. The number of hydrogen-bond donors (Lipinski definition) is 1. The average molecular weight is 313 g/mol. The molecule has 1 aliphatic heterocycles. The van der Waals surface area contributed by atoms with E-state index in [1.807, 2.05) is 12.4 Å². The molecule has 0 amide bonds. The van der Waals surface area contributed by atoms with Gasteiger partial charge in [0.1, 0.15) is 0 Å². The normalized spacial score (nSPS) is 25.3. The van der Waals surface area contributed by atoms with E-state index >= 15 is 0 Å². The summed E-state index contributed by atoms with van der Waals surface area (Å²) < 4.78 is 6.74. The lowest BCUT2D eigenvalue weighted by Crippen LogP contribution is -2.38.